The third-order valence-electron chi connectivity index (χ3n) is 2.23. The molecule has 0 unspecified atom stereocenters. The number of phenols is 2. The highest BCUT2D eigenvalue weighted by atomic mass is 35.5. The van der Waals surface area contributed by atoms with Gasteiger partial charge in [0.25, 0.3) is 5.91 Å². The standard InChI is InChI=1S/C11H7Cl2N3O3/c12-8-9(13)14-4-15-10(8)16-11(19)7-5(17)2-1-3-6(7)18/h1-4,17-18H,(H,14,15,16,19). The molecule has 0 spiro atoms. The molecule has 0 aliphatic heterocycles. The molecular weight excluding hydrogens is 293 g/mol. The number of carbonyl (C=O) groups is 1. The Bertz CT molecular complexity index is 629. The molecule has 19 heavy (non-hydrogen) atoms. The number of hydrogen-bond donors (Lipinski definition) is 3. The fraction of sp³-hybridized carbons (Fsp3) is 0. The molecule has 2 aromatic rings. The summed E-state index contributed by atoms with van der Waals surface area (Å²) in [5.74, 6) is -1.52. The van der Waals surface area contributed by atoms with E-state index in [4.69, 9.17) is 23.2 Å². The lowest BCUT2D eigenvalue weighted by Gasteiger charge is -2.08. The topological polar surface area (TPSA) is 95.3 Å². The van der Waals surface area contributed by atoms with Crippen LogP contribution in [0.1, 0.15) is 10.4 Å². The van der Waals surface area contributed by atoms with Gasteiger partial charge < -0.3 is 15.5 Å². The Morgan fingerprint density at radius 2 is 1.79 bits per heavy atom. The van der Waals surface area contributed by atoms with Gasteiger partial charge in [0.05, 0.1) is 0 Å². The zero-order valence-electron chi connectivity index (χ0n) is 9.26. The lowest BCUT2D eigenvalue weighted by Crippen LogP contribution is -2.14. The molecule has 1 heterocycles. The van der Waals surface area contributed by atoms with E-state index in [1.807, 2.05) is 0 Å². The number of rotatable bonds is 2. The van der Waals surface area contributed by atoms with Crippen molar-refractivity contribution in [2.24, 2.45) is 0 Å². The highest BCUT2D eigenvalue weighted by Gasteiger charge is 2.18. The molecule has 0 aliphatic rings. The lowest BCUT2D eigenvalue weighted by atomic mass is 10.1. The van der Waals surface area contributed by atoms with Gasteiger partial charge in [0.15, 0.2) is 11.0 Å². The third-order valence-corrected chi connectivity index (χ3v) is 2.97. The largest absolute Gasteiger partial charge is 0.507 e. The van der Waals surface area contributed by atoms with Crippen molar-refractivity contribution in [2.75, 3.05) is 5.32 Å². The molecule has 2 rings (SSSR count). The lowest BCUT2D eigenvalue weighted by molar-refractivity contribution is 0.102. The van der Waals surface area contributed by atoms with E-state index in [0.717, 1.165) is 6.33 Å². The highest BCUT2D eigenvalue weighted by molar-refractivity contribution is 6.43. The van der Waals surface area contributed by atoms with Crippen molar-refractivity contribution >= 4 is 34.9 Å². The average molecular weight is 300 g/mol. The van der Waals surface area contributed by atoms with Crippen LogP contribution in [0.4, 0.5) is 5.82 Å². The monoisotopic (exact) mass is 299 g/mol. The minimum Gasteiger partial charge on any atom is -0.507 e. The van der Waals surface area contributed by atoms with Crippen molar-refractivity contribution in [2.45, 2.75) is 0 Å². The second-order valence-electron chi connectivity index (χ2n) is 3.45. The van der Waals surface area contributed by atoms with Crippen LogP contribution < -0.4 is 5.32 Å². The summed E-state index contributed by atoms with van der Waals surface area (Å²) in [6, 6.07) is 3.93. The van der Waals surface area contributed by atoms with Crippen molar-refractivity contribution in [3.8, 4) is 11.5 Å². The fourth-order valence-corrected chi connectivity index (χ4v) is 1.64. The number of benzene rings is 1. The van der Waals surface area contributed by atoms with Gasteiger partial charge in [-0.25, -0.2) is 9.97 Å². The average Bonchev–Trinajstić information content (AvgIpc) is 2.35. The summed E-state index contributed by atoms with van der Waals surface area (Å²) in [6.07, 6.45) is 1.12. The zero-order valence-corrected chi connectivity index (χ0v) is 10.8. The van der Waals surface area contributed by atoms with Crippen molar-refractivity contribution in [1.82, 2.24) is 9.97 Å². The molecule has 0 saturated heterocycles. The van der Waals surface area contributed by atoms with E-state index >= 15 is 0 Å². The first kappa shape index (κ1) is 13.4. The number of aromatic nitrogens is 2. The smallest absolute Gasteiger partial charge is 0.264 e. The van der Waals surface area contributed by atoms with Gasteiger partial charge in [0.1, 0.15) is 28.4 Å². The molecule has 0 bridgehead atoms. The van der Waals surface area contributed by atoms with Gasteiger partial charge in [-0.3, -0.25) is 4.79 Å². The van der Waals surface area contributed by atoms with Crippen LogP contribution in [0.5, 0.6) is 11.5 Å². The summed E-state index contributed by atoms with van der Waals surface area (Å²) in [7, 11) is 0. The van der Waals surface area contributed by atoms with Gasteiger partial charge in [-0.15, -0.1) is 0 Å². The maximum atomic E-state index is 11.9. The Hall–Kier alpha value is -2.05. The normalized spacial score (nSPS) is 10.2. The van der Waals surface area contributed by atoms with Crippen LogP contribution in [0, 0.1) is 0 Å². The molecular formula is C11H7Cl2N3O3. The molecule has 1 amide bonds. The second kappa shape index (κ2) is 5.29. The molecule has 98 valence electrons. The Morgan fingerprint density at radius 3 is 2.42 bits per heavy atom. The van der Waals surface area contributed by atoms with Gasteiger partial charge in [-0.1, -0.05) is 29.3 Å². The Kier molecular flexibility index (Phi) is 3.73. The summed E-state index contributed by atoms with van der Waals surface area (Å²) >= 11 is 11.5. The second-order valence-corrected chi connectivity index (χ2v) is 4.19. The molecule has 0 aliphatic carbocycles. The van der Waals surface area contributed by atoms with Crippen molar-refractivity contribution < 1.29 is 15.0 Å². The molecule has 1 aromatic carbocycles. The number of aromatic hydroxyl groups is 2. The van der Waals surface area contributed by atoms with E-state index in [1.54, 1.807) is 0 Å². The number of nitrogens with zero attached hydrogens (tertiary/aromatic N) is 2. The number of nitrogens with one attached hydrogen (secondary N) is 1. The van der Waals surface area contributed by atoms with Gasteiger partial charge in [-0.05, 0) is 12.1 Å². The number of phenolic OH excluding ortho intramolecular Hbond substituents is 2. The van der Waals surface area contributed by atoms with Crippen molar-refractivity contribution in [3.05, 3.63) is 40.3 Å². The Balaban J connectivity index is 2.34. The predicted octanol–water partition coefficient (Wildman–Crippen LogP) is 2.45. The van der Waals surface area contributed by atoms with Crippen LogP contribution >= 0.6 is 23.2 Å². The molecule has 3 N–H and O–H groups in total. The minimum absolute atomic E-state index is 0.0191. The number of carbonyl (C=O) groups excluding carboxylic acids is 1. The number of halogens is 2. The van der Waals surface area contributed by atoms with Gasteiger partial charge >= 0.3 is 0 Å². The summed E-state index contributed by atoms with van der Waals surface area (Å²) in [5, 5.41) is 21.4. The van der Waals surface area contributed by atoms with E-state index in [-0.39, 0.29) is 33.1 Å². The number of anilines is 1. The predicted molar refractivity (Wildman–Crippen MR) is 69.8 cm³/mol. The zero-order chi connectivity index (χ0) is 14.0. The molecule has 0 atom stereocenters. The maximum absolute atomic E-state index is 11.9. The number of amides is 1. The van der Waals surface area contributed by atoms with Crippen LogP contribution in [0.25, 0.3) is 0 Å². The van der Waals surface area contributed by atoms with Crippen LogP contribution in [0.3, 0.4) is 0 Å². The first-order valence-electron chi connectivity index (χ1n) is 4.99. The molecule has 0 saturated carbocycles. The van der Waals surface area contributed by atoms with E-state index in [0.29, 0.717) is 0 Å². The van der Waals surface area contributed by atoms with Gasteiger partial charge in [-0.2, -0.15) is 0 Å². The summed E-state index contributed by atoms with van der Waals surface area (Å²) in [6.45, 7) is 0. The quantitative estimate of drug-likeness (QED) is 0.740. The number of hydrogen-bond acceptors (Lipinski definition) is 5. The Morgan fingerprint density at radius 1 is 1.16 bits per heavy atom. The highest BCUT2D eigenvalue weighted by Crippen LogP contribution is 2.29. The summed E-state index contributed by atoms with van der Waals surface area (Å²) in [4.78, 5) is 19.3. The van der Waals surface area contributed by atoms with E-state index in [9.17, 15) is 15.0 Å². The van der Waals surface area contributed by atoms with Crippen LogP contribution in [0.15, 0.2) is 24.5 Å². The van der Waals surface area contributed by atoms with Crippen LogP contribution in [-0.4, -0.2) is 26.1 Å². The summed E-state index contributed by atoms with van der Waals surface area (Å²) < 4.78 is 0. The first-order chi connectivity index (χ1) is 9.00. The van der Waals surface area contributed by atoms with Crippen LogP contribution in [-0.2, 0) is 0 Å². The third kappa shape index (κ3) is 2.69. The van der Waals surface area contributed by atoms with E-state index in [1.165, 1.54) is 18.2 Å². The maximum Gasteiger partial charge on any atom is 0.264 e. The molecule has 1 aromatic heterocycles. The van der Waals surface area contributed by atoms with Crippen molar-refractivity contribution in [1.29, 1.82) is 0 Å². The van der Waals surface area contributed by atoms with Gasteiger partial charge in [0.2, 0.25) is 0 Å². The van der Waals surface area contributed by atoms with Gasteiger partial charge in [0, 0.05) is 0 Å². The van der Waals surface area contributed by atoms with E-state index in [2.05, 4.69) is 15.3 Å². The Labute approximate surface area is 117 Å². The van der Waals surface area contributed by atoms with E-state index < -0.39 is 5.91 Å². The molecule has 8 heteroatoms. The minimum atomic E-state index is -0.771. The van der Waals surface area contributed by atoms with Crippen molar-refractivity contribution in [3.63, 3.8) is 0 Å². The SMILES string of the molecule is O=C(Nc1ncnc(Cl)c1Cl)c1c(O)cccc1O. The molecule has 0 radical (unpaired) electrons. The summed E-state index contributed by atoms with van der Waals surface area (Å²) in [5.41, 5.74) is -0.284. The first-order valence-corrected chi connectivity index (χ1v) is 5.74. The molecule has 6 nitrogen and oxygen atoms in total. The fourth-order valence-electron chi connectivity index (χ4n) is 1.37. The van der Waals surface area contributed by atoms with Crippen LogP contribution in [0.2, 0.25) is 10.2 Å². The molecule has 0 fully saturated rings.